The molecule has 18 heteroatoms. The molecule has 28 heavy (non-hydrogen) atoms. The van der Waals surface area contributed by atoms with Crippen molar-refractivity contribution in [3.8, 4) is 0 Å². The molecule has 8 N–H and O–H groups in total. The Kier molecular flexibility index (Phi) is 10.5. The van der Waals surface area contributed by atoms with Gasteiger partial charge in [-0.25, -0.2) is 0 Å². The second-order valence-corrected chi connectivity index (χ2v) is 10.9. The average molecular weight is 484 g/mol. The van der Waals surface area contributed by atoms with Crippen molar-refractivity contribution in [1.82, 2.24) is 9.80 Å². The molecular formula is C10H20N2O12P4. The zero-order chi connectivity index (χ0) is 22.2. The van der Waals surface area contributed by atoms with Crippen LogP contribution in [-0.4, -0.2) is 62.0 Å². The first-order valence-electron chi connectivity index (χ1n) is 6.86. The number of hydrogen-bond acceptors (Lipinski definition) is 6. The standard InChI is InChI=1S/C10H20N2O12P4/c13-25(14,15)7-3-11(4-8-26(16,17)18)1-2-12(5-9-27(19,20)21)6-10-28(22,23)24/h3-10H,1-2H2,(H2,13,14,15)(H2,16,17,18)(H2,19,20,21)(H2,22,23,24). The van der Waals surface area contributed by atoms with Crippen molar-refractivity contribution in [2.75, 3.05) is 13.1 Å². The number of rotatable bonds is 11. The lowest BCUT2D eigenvalue weighted by Crippen LogP contribution is -2.23. The molecule has 0 fully saturated rings. The van der Waals surface area contributed by atoms with Crippen LogP contribution in [0.25, 0.3) is 0 Å². The van der Waals surface area contributed by atoms with Gasteiger partial charge in [0.2, 0.25) is 0 Å². The molecule has 162 valence electrons. The Balaban J connectivity index is 5.52. The maximum Gasteiger partial charge on any atom is 0.350 e. The summed E-state index contributed by atoms with van der Waals surface area (Å²) >= 11 is 0. The SMILES string of the molecule is O=P(O)(O)C=CN(C=CP(=O)(O)O)CCN(C=CP(=O)(O)O)C=CP(=O)(O)O. The van der Waals surface area contributed by atoms with Crippen LogP contribution in [0.3, 0.4) is 0 Å². The molecule has 0 unspecified atom stereocenters. The van der Waals surface area contributed by atoms with E-state index in [-0.39, 0.29) is 13.1 Å². The van der Waals surface area contributed by atoms with Gasteiger partial charge < -0.3 is 48.9 Å². The zero-order valence-corrected chi connectivity index (χ0v) is 17.5. The van der Waals surface area contributed by atoms with Crippen molar-refractivity contribution in [2.45, 2.75) is 0 Å². The maximum absolute atomic E-state index is 10.9. The van der Waals surface area contributed by atoms with Gasteiger partial charge in [0.1, 0.15) is 0 Å². The van der Waals surface area contributed by atoms with Crippen molar-refractivity contribution < 1.29 is 57.4 Å². The summed E-state index contributed by atoms with van der Waals surface area (Å²) < 4.78 is 43.6. The van der Waals surface area contributed by atoms with Crippen LogP contribution < -0.4 is 0 Å². The third-order valence-corrected chi connectivity index (χ3v) is 4.51. The molecule has 0 aliphatic carbocycles. The lowest BCUT2D eigenvalue weighted by Gasteiger charge is -2.21. The lowest BCUT2D eigenvalue weighted by atomic mass is 10.5. The van der Waals surface area contributed by atoms with Crippen molar-refractivity contribution >= 4 is 30.4 Å². The Morgan fingerprint density at radius 1 is 0.464 bits per heavy atom. The minimum atomic E-state index is -4.60. The maximum atomic E-state index is 10.9. The summed E-state index contributed by atoms with van der Waals surface area (Å²) in [4.78, 5) is 72.5. The Morgan fingerprint density at radius 2 is 0.643 bits per heavy atom. The highest BCUT2D eigenvalue weighted by Crippen LogP contribution is 2.39. The molecule has 0 aliphatic rings. The molecule has 0 heterocycles. The minimum absolute atomic E-state index is 0.260. The lowest BCUT2D eigenvalue weighted by molar-refractivity contribution is 0.374. The predicted molar refractivity (Wildman–Crippen MR) is 98.1 cm³/mol. The highest BCUT2D eigenvalue weighted by Gasteiger charge is 2.12. The van der Waals surface area contributed by atoms with Gasteiger partial charge >= 0.3 is 30.4 Å². The van der Waals surface area contributed by atoms with Crippen LogP contribution in [0.15, 0.2) is 48.1 Å². The summed E-state index contributed by atoms with van der Waals surface area (Å²) in [5.74, 6) is 1.77. The van der Waals surface area contributed by atoms with Crippen LogP contribution in [0, 0.1) is 0 Å². The molecule has 0 aromatic carbocycles. The van der Waals surface area contributed by atoms with Crippen LogP contribution in [-0.2, 0) is 18.3 Å². The summed E-state index contributed by atoms with van der Waals surface area (Å²) in [6.07, 6.45) is 3.24. The van der Waals surface area contributed by atoms with Gasteiger partial charge in [0.25, 0.3) is 0 Å². The summed E-state index contributed by atoms with van der Waals surface area (Å²) in [6, 6.07) is 0. The Labute approximate surface area is 159 Å². The van der Waals surface area contributed by atoms with E-state index in [0.29, 0.717) is 23.3 Å². The molecule has 0 bridgehead atoms. The molecule has 0 aliphatic heterocycles. The van der Waals surface area contributed by atoms with Crippen molar-refractivity contribution in [2.24, 2.45) is 0 Å². The molecule has 0 saturated heterocycles. The fourth-order valence-electron chi connectivity index (χ4n) is 1.32. The largest absolute Gasteiger partial charge is 0.352 e. The Bertz CT molecular complexity index is 680. The van der Waals surface area contributed by atoms with Gasteiger partial charge in [0.05, 0.1) is 0 Å². The fraction of sp³-hybridized carbons (Fsp3) is 0.200. The summed E-state index contributed by atoms with van der Waals surface area (Å²) in [7, 11) is -18.4. The molecule has 0 amide bonds. The van der Waals surface area contributed by atoms with Gasteiger partial charge in [-0.15, -0.1) is 0 Å². The van der Waals surface area contributed by atoms with E-state index in [1.54, 1.807) is 0 Å². The third-order valence-electron chi connectivity index (χ3n) is 2.43. The Morgan fingerprint density at radius 3 is 0.786 bits per heavy atom. The van der Waals surface area contributed by atoms with E-state index in [9.17, 15) is 18.3 Å². The molecule has 0 rings (SSSR count). The highest BCUT2D eigenvalue weighted by atomic mass is 31.2. The molecule has 0 atom stereocenters. The van der Waals surface area contributed by atoms with E-state index in [2.05, 4.69) is 0 Å². The van der Waals surface area contributed by atoms with Crippen LogP contribution in [0.5, 0.6) is 0 Å². The van der Waals surface area contributed by atoms with Gasteiger partial charge in [-0.05, 0) is 0 Å². The quantitative estimate of drug-likeness (QED) is 0.183. The topological polar surface area (TPSA) is 237 Å². The molecule has 0 aromatic rings. The summed E-state index contributed by atoms with van der Waals surface area (Å²) in [5, 5.41) is 0. The molecule has 0 spiro atoms. The summed E-state index contributed by atoms with van der Waals surface area (Å²) in [5.41, 5.74) is 0. The normalized spacial score (nSPS) is 14.7. The van der Waals surface area contributed by atoms with Gasteiger partial charge in [-0.2, -0.15) is 0 Å². The van der Waals surface area contributed by atoms with E-state index in [0.717, 1.165) is 34.6 Å². The van der Waals surface area contributed by atoms with E-state index in [1.807, 2.05) is 0 Å². The first-order valence-corrected chi connectivity index (χ1v) is 13.6. The molecule has 14 nitrogen and oxygen atoms in total. The van der Waals surface area contributed by atoms with Gasteiger partial charge in [0, 0.05) is 61.2 Å². The average Bonchev–Trinajstić information content (AvgIpc) is 2.44. The van der Waals surface area contributed by atoms with E-state index < -0.39 is 30.4 Å². The van der Waals surface area contributed by atoms with Crippen LogP contribution in [0.1, 0.15) is 0 Å². The predicted octanol–water partition coefficient (Wildman–Crippen LogP) is 0.186. The first-order chi connectivity index (χ1) is 12.4. The van der Waals surface area contributed by atoms with Crippen LogP contribution in [0.4, 0.5) is 0 Å². The van der Waals surface area contributed by atoms with Crippen LogP contribution >= 0.6 is 30.4 Å². The second-order valence-electron chi connectivity index (χ2n) is 5.02. The second kappa shape index (κ2) is 10.8. The molecule has 0 radical (unpaired) electrons. The molecular weight excluding hydrogens is 464 g/mol. The van der Waals surface area contributed by atoms with Crippen LogP contribution in [0.2, 0.25) is 0 Å². The van der Waals surface area contributed by atoms with E-state index >= 15 is 0 Å². The number of hydrogen-bond donors (Lipinski definition) is 8. The number of nitrogens with zero attached hydrogens (tertiary/aromatic N) is 2. The highest BCUT2D eigenvalue weighted by molar-refractivity contribution is 7.56. The zero-order valence-electron chi connectivity index (χ0n) is 13.9. The van der Waals surface area contributed by atoms with Crippen molar-refractivity contribution in [3.63, 3.8) is 0 Å². The van der Waals surface area contributed by atoms with Gasteiger partial charge in [0.15, 0.2) is 0 Å². The smallest absolute Gasteiger partial charge is 0.350 e. The molecule has 0 saturated carbocycles. The summed E-state index contributed by atoms with van der Waals surface area (Å²) in [6.45, 7) is -0.520. The van der Waals surface area contributed by atoms with E-state index in [4.69, 9.17) is 39.1 Å². The van der Waals surface area contributed by atoms with Crippen molar-refractivity contribution in [3.05, 3.63) is 48.1 Å². The first kappa shape index (κ1) is 27.2. The molecule has 0 aromatic heterocycles. The van der Waals surface area contributed by atoms with Gasteiger partial charge in [-0.3, -0.25) is 18.3 Å². The fourth-order valence-corrected chi connectivity index (χ4v) is 2.70. The van der Waals surface area contributed by atoms with E-state index in [1.165, 1.54) is 0 Å². The third kappa shape index (κ3) is 18.5. The van der Waals surface area contributed by atoms with Crippen molar-refractivity contribution in [1.29, 1.82) is 0 Å². The monoisotopic (exact) mass is 484 g/mol. The van der Waals surface area contributed by atoms with Gasteiger partial charge in [-0.1, -0.05) is 0 Å². The minimum Gasteiger partial charge on any atom is -0.352 e. The Hall–Kier alpha value is -0.840.